The summed E-state index contributed by atoms with van der Waals surface area (Å²) in [5.41, 5.74) is 4.15. The first-order valence-electron chi connectivity index (χ1n) is 1.85. The molecule has 0 rings (SSSR count). The van der Waals surface area contributed by atoms with E-state index in [0.717, 1.165) is 0 Å². The van der Waals surface area contributed by atoms with E-state index in [1.54, 1.807) is 0 Å². The molecule has 3 heteroatoms. The summed E-state index contributed by atoms with van der Waals surface area (Å²) >= 11 is 0. The molecule has 3 nitrogen and oxygen atoms in total. The average Bonchev–Trinajstić information content (AvgIpc) is 1.33. The maximum Gasteiger partial charge on any atom is 0.173 e. The fraction of sp³-hybridized carbons (Fsp3) is 0.750. The van der Waals surface area contributed by atoms with Crippen LogP contribution in [0.25, 0.3) is 0 Å². The minimum Gasteiger partial charge on any atom is -0.337 e. The van der Waals surface area contributed by atoms with Crippen molar-refractivity contribution in [2.45, 2.75) is 0 Å². The molecule has 0 atom stereocenters. The summed E-state index contributed by atoms with van der Waals surface area (Å²) in [6.07, 6.45) is 1.25. The summed E-state index contributed by atoms with van der Waals surface area (Å²) < 4.78 is 0. The highest BCUT2D eigenvalue weighted by Crippen LogP contribution is 1.47. The van der Waals surface area contributed by atoms with E-state index < -0.39 is 0 Å². The van der Waals surface area contributed by atoms with Crippen LogP contribution in [0.4, 0.5) is 0 Å². The highest BCUT2D eigenvalue weighted by molar-refractivity contribution is 4.46. The highest BCUT2D eigenvalue weighted by Gasteiger charge is 1.58. The minimum absolute atomic E-state index is 1.25. The first-order chi connectivity index (χ1) is 3.15. The lowest BCUT2D eigenvalue weighted by Crippen LogP contribution is -1.99. The molecular formula is C4H11N3. The van der Waals surface area contributed by atoms with Crippen LogP contribution < -0.4 is 5.73 Å². The molecule has 0 aromatic heterocycles. The third-order valence-corrected chi connectivity index (χ3v) is 0. The fourth-order valence-corrected chi connectivity index (χ4v) is 0. The number of nitrogens with two attached hydrogens (primary N) is 1. The molecule has 0 saturated heterocycles. The van der Waals surface area contributed by atoms with Gasteiger partial charge in [-0.05, 0) is 21.1 Å². The fourth-order valence-electron chi connectivity index (χ4n) is 0. The Bertz CT molecular complexity index is 49.7. The van der Waals surface area contributed by atoms with Gasteiger partial charge in [0.05, 0.1) is 0 Å². The largest absolute Gasteiger partial charge is 0.337 e. The molecule has 0 aromatic rings. The predicted octanol–water partition coefficient (Wildman–Crippen LogP) is -0.396. The molecule has 0 aliphatic carbocycles. The Labute approximate surface area is 44.3 Å². The summed E-state index contributed by atoms with van der Waals surface area (Å²) in [4.78, 5) is 2.00. The molecule has 7 heavy (non-hydrogen) atoms. The molecule has 2 N–H and O–H groups in total. The standard InChI is InChI=1S/C3H9N.CH2N2/c1-4(2)3;2-1-3/h1-3H3;2H2. The summed E-state index contributed by atoms with van der Waals surface area (Å²) in [5.74, 6) is 0. The van der Waals surface area contributed by atoms with Crippen molar-refractivity contribution in [3.8, 4) is 6.19 Å². The van der Waals surface area contributed by atoms with Crippen LogP contribution in [0.3, 0.4) is 0 Å². The lowest BCUT2D eigenvalue weighted by molar-refractivity contribution is 0.505. The van der Waals surface area contributed by atoms with Gasteiger partial charge < -0.3 is 10.6 Å². The van der Waals surface area contributed by atoms with E-state index in [-0.39, 0.29) is 0 Å². The second kappa shape index (κ2) is 8.98. The van der Waals surface area contributed by atoms with E-state index in [2.05, 4.69) is 5.73 Å². The van der Waals surface area contributed by atoms with Gasteiger partial charge in [0, 0.05) is 0 Å². The van der Waals surface area contributed by atoms with Crippen LogP contribution in [0.15, 0.2) is 0 Å². The van der Waals surface area contributed by atoms with Crippen molar-refractivity contribution in [1.82, 2.24) is 4.90 Å². The number of nitrogens with zero attached hydrogens (tertiary/aromatic N) is 2. The normalized spacial score (nSPS) is 6.14. The lowest BCUT2D eigenvalue weighted by atomic mass is 11.0. The number of hydrogen-bond donors (Lipinski definition) is 1. The van der Waals surface area contributed by atoms with Crippen molar-refractivity contribution in [2.75, 3.05) is 21.1 Å². The van der Waals surface area contributed by atoms with Gasteiger partial charge in [0.2, 0.25) is 0 Å². The van der Waals surface area contributed by atoms with Gasteiger partial charge in [-0.25, -0.2) is 0 Å². The molecule has 0 aromatic carbocycles. The monoisotopic (exact) mass is 101 g/mol. The Morgan fingerprint density at radius 1 is 1.43 bits per heavy atom. The summed E-state index contributed by atoms with van der Waals surface area (Å²) in [6.45, 7) is 0. The van der Waals surface area contributed by atoms with Gasteiger partial charge >= 0.3 is 0 Å². The lowest BCUT2D eigenvalue weighted by Gasteiger charge is -1.90. The smallest absolute Gasteiger partial charge is 0.173 e. The molecule has 0 fully saturated rings. The first-order valence-corrected chi connectivity index (χ1v) is 1.85. The van der Waals surface area contributed by atoms with Crippen molar-refractivity contribution in [2.24, 2.45) is 5.73 Å². The van der Waals surface area contributed by atoms with Gasteiger partial charge in [-0.2, -0.15) is 5.26 Å². The second-order valence-electron chi connectivity index (χ2n) is 1.47. The van der Waals surface area contributed by atoms with E-state index in [0.29, 0.717) is 0 Å². The molecule has 42 valence electrons. The third kappa shape index (κ3) is 98.6. The Morgan fingerprint density at radius 3 is 1.43 bits per heavy atom. The number of rotatable bonds is 0. The van der Waals surface area contributed by atoms with E-state index in [1.807, 2.05) is 26.0 Å². The van der Waals surface area contributed by atoms with Gasteiger partial charge in [0.25, 0.3) is 0 Å². The van der Waals surface area contributed by atoms with Gasteiger partial charge in [0.15, 0.2) is 6.19 Å². The second-order valence-corrected chi connectivity index (χ2v) is 1.47. The molecule has 0 heterocycles. The van der Waals surface area contributed by atoms with Gasteiger partial charge in [-0.3, -0.25) is 0 Å². The topological polar surface area (TPSA) is 53.0 Å². The predicted molar refractivity (Wildman–Crippen MR) is 29.4 cm³/mol. The van der Waals surface area contributed by atoms with E-state index >= 15 is 0 Å². The van der Waals surface area contributed by atoms with Crippen molar-refractivity contribution >= 4 is 0 Å². The zero-order valence-corrected chi connectivity index (χ0v) is 4.97. The molecular weight excluding hydrogens is 90.1 g/mol. The molecule has 0 unspecified atom stereocenters. The first kappa shape index (κ1) is 9.54. The van der Waals surface area contributed by atoms with Crippen LogP contribution in [0, 0.1) is 11.5 Å². The SMILES string of the molecule is CN(C)C.N#CN. The molecule has 0 bridgehead atoms. The quantitative estimate of drug-likeness (QED) is 0.334. The summed E-state index contributed by atoms with van der Waals surface area (Å²) in [6, 6.07) is 0. The molecule has 0 aliphatic rings. The maximum absolute atomic E-state index is 7.10. The van der Waals surface area contributed by atoms with Crippen LogP contribution in [-0.4, -0.2) is 26.0 Å². The van der Waals surface area contributed by atoms with Crippen molar-refractivity contribution in [3.05, 3.63) is 0 Å². The van der Waals surface area contributed by atoms with E-state index in [9.17, 15) is 0 Å². The Morgan fingerprint density at radius 2 is 1.43 bits per heavy atom. The molecule has 0 aliphatic heterocycles. The van der Waals surface area contributed by atoms with Gasteiger partial charge in [-0.15, -0.1) is 0 Å². The summed E-state index contributed by atoms with van der Waals surface area (Å²) in [7, 11) is 6.00. The average molecular weight is 101 g/mol. The summed E-state index contributed by atoms with van der Waals surface area (Å²) in [5, 5.41) is 7.10. The van der Waals surface area contributed by atoms with Crippen LogP contribution in [-0.2, 0) is 0 Å². The number of hydrogen-bond acceptors (Lipinski definition) is 3. The Balaban J connectivity index is 0. The molecule has 0 amide bonds. The van der Waals surface area contributed by atoms with Crippen molar-refractivity contribution in [1.29, 1.82) is 5.26 Å². The zero-order chi connectivity index (χ0) is 6.28. The van der Waals surface area contributed by atoms with Gasteiger partial charge in [-0.1, -0.05) is 0 Å². The van der Waals surface area contributed by atoms with Crippen LogP contribution in [0.5, 0.6) is 0 Å². The Kier molecular flexibility index (Phi) is 12.2. The molecule has 0 radical (unpaired) electrons. The zero-order valence-electron chi connectivity index (χ0n) is 4.97. The van der Waals surface area contributed by atoms with Crippen molar-refractivity contribution in [3.63, 3.8) is 0 Å². The Hall–Kier alpha value is -0.750. The van der Waals surface area contributed by atoms with Crippen LogP contribution in [0.1, 0.15) is 0 Å². The van der Waals surface area contributed by atoms with Crippen LogP contribution in [0.2, 0.25) is 0 Å². The molecule has 0 saturated carbocycles. The highest BCUT2D eigenvalue weighted by atomic mass is 15.0. The number of nitriles is 1. The van der Waals surface area contributed by atoms with Crippen LogP contribution >= 0.6 is 0 Å². The van der Waals surface area contributed by atoms with Crippen molar-refractivity contribution < 1.29 is 0 Å². The minimum atomic E-state index is 1.25. The van der Waals surface area contributed by atoms with E-state index in [1.165, 1.54) is 6.19 Å². The maximum atomic E-state index is 7.10. The molecule has 0 spiro atoms. The third-order valence-electron chi connectivity index (χ3n) is 0. The van der Waals surface area contributed by atoms with Gasteiger partial charge in [0.1, 0.15) is 0 Å². The van der Waals surface area contributed by atoms with E-state index in [4.69, 9.17) is 5.26 Å².